The van der Waals surface area contributed by atoms with Crippen molar-refractivity contribution in [1.29, 1.82) is 0 Å². The zero-order valence-corrected chi connectivity index (χ0v) is 31.5. The van der Waals surface area contributed by atoms with Crippen LogP contribution in [0.15, 0.2) is 0 Å². The molecule has 0 aromatic carbocycles. The summed E-state index contributed by atoms with van der Waals surface area (Å²) < 4.78 is 27.1. The highest BCUT2D eigenvalue weighted by atomic mass is 31.2. The molecule has 2 unspecified atom stereocenters. The van der Waals surface area contributed by atoms with E-state index in [9.17, 15) is 9.67 Å². The largest absolute Gasteiger partial charge is 0.395 e. The van der Waals surface area contributed by atoms with Crippen LogP contribution in [0.5, 0.6) is 0 Å². The summed E-state index contributed by atoms with van der Waals surface area (Å²) >= 11 is 0. The lowest BCUT2D eigenvalue weighted by Gasteiger charge is -2.26. The van der Waals surface area contributed by atoms with E-state index < -0.39 is 7.60 Å². The van der Waals surface area contributed by atoms with Crippen LogP contribution >= 0.6 is 7.60 Å². The fraction of sp³-hybridized carbons (Fsp3) is 1.00. The smallest absolute Gasteiger partial charge is 0.330 e. The van der Waals surface area contributed by atoms with Crippen molar-refractivity contribution in [3.05, 3.63) is 0 Å². The van der Waals surface area contributed by atoms with E-state index in [1.54, 1.807) is 0 Å². The molecule has 6 heteroatoms. The molecule has 0 radical (unpaired) electrons. The van der Waals surface area contributed by atoms with Gasteiger partial charge in [-0.2, -0.15) is 0 Å². The van der Waals surface area contributed by atoms with Crippen molar-refractivity contribution >= 4 is 7.60 Å². The third-order valence-corrected chi connectivity index (χ3v) is 11.3. The van der Waals surface area contributed by atoms with E-state index >= 15 is 0 Å². The van der Waals surface area contributed by atoms with Gasteiger partial charge in [0.25, 0.3) is 0 Å². The number of hydrogen-bond donors (Lipinski definition) is 1. The van der Waals surface area contributed by atoms with Gasteiger partial charge in [0, 0.05) is 6.54 Å². The summed E-state index contributed by atoms with van der Waals surface area (Å²) in [5, 5.41) is 9.31. The Hall–Kier alpha value is 0.0700. The van der Waals surface area contributed by atoms with Gasteiger partial charge in [-0.25, -0.2) is 0 Å². The fourth-order valence-corrected chi connectivity index (χ4v) is 7.93. The fourth-order valence-electron chi connectivity index (χ4n) is 6.19. The van der Waals surface area contributed by atoms with Crippen molar-refractivity contribution in [2.45, 2.75) is 188 Å². The van der Waals surface area contributed by atoms with Crippen LogP contribution in [0, 0.1) is 11.8 Å². The van der Waals surface area contributed by atoms with E-state index in [2.05, 4.69) is 32.6 Å². The molecule has 0 bridgehead atoms. The van der Waals surface area contributed by atoms with E-state index in [1.807, 2.05) is 7.05 Å². The molecule has 0 spiro atoms. The summed E-state index contributed by atoms with van der Waals surface area (Å²) in [4.78, 5) is 2.11. The summed E-state index contributed by atoms with van der Waals surface area (Å²) in [7, 11) is -1.17. The lowest BCUT2D eigenvalue weighted by molar-refractivity contribution is 0.145. The van der Waals surface area contributed by atoms with Crippen LogP contribution in [0.25, 0.3) is 0 Å². The predicted octanol–water partition coefficient (Wildman–Crippen LogP) is 12.2. The maximum Gasteiger partial charge on any atom is 0.330 e. The molecule has 266 valence electrons. The van der Waals surface area contributed by atoms with Crippen LogP contribution in [-0.2, 0) is 13.6 Å². The van der Waals surface area contributed by atoms with Crippen LogP contribution in [0.1, 0.15) is 188 Å². The minimum absolute atomic E-state index is 0.150. The molecule has 0 saturated carbocycles. The summed E-state index contributed by atoms with van der Waals surface area (Å²) in [6.07, 6.45) is 31.8. The Kier molecular flexibility index (Phi) is 33.0. The predicted molar refractivity (Wildman–Crippen MR) is 194 cm³/mol. The van der Waals surface area contributed by atoms with Crippen molar-refractivity contribution < 1.29 is 18.7 Å². The number of aliphatic hydroxyl groups is 1. The van der Waals surface area contributed by atoms with Crippen LogP contribution in [0.3, 0.4) is 0 Å². The Bertz CT molecular complexity index is 580. The number of rotatable bonds is 36. The monoisotopic (exact) mass is 646 g/mol. The molecular formula is C38H80NO4P. The summed E-state index contributed by atoms with van der Waals surface area (Å²) in [5.41, 5.74) is 0. The molecule has 0 aromatic rings. The minimum atomic E-state index is -3.19. The topological polar surface area (TPSA) is 59.0 Å². The molecule has 0 aliphatic heterocycles. The average molecular weight is 646 g/mol. The van der Waals surface area contributed by atoms with Crippen molar-refractivity contribution in [2.24, 2.45) is 11.8 Å². The van der Waals surface area contributed by atoms with E-state index in [1.165, 1.54) is 154 Å². The standard InChI is InChI=1S/C38H80NO4P/c1-6-10-14-18-20-24-29-37(27-22-16-12-8-3)35-42-44(41,34-26-31-39(5)32-33-40)43-36-38(28-23-17-13-9-4)30-25-21-19-15-11-7-2/h37-38,40H,6-36H2,1-5H3. The Morgan fingerprint density at radius 3 is 1.23 bits per heavy atom. The first-order chi connectivity index (χ1) is 21.4. The maximum absolute atomic E-state index is 14.3. The van der Waals surface area contributed by atoms with Gasteiger partial charge in [-0.15, -0.1) is 0 Å². The molecule has 0 rings (SSSR count). The molecule has 0 heterocycles. The summed E-state index contributed by atoms with van der Waals surface area (Å²) in [6.45, 7) is 11.8. The Balaban J connectivity index is 5.29. The normalized spacial score (nSPS) is 14.7. The number of aliphatic hydroxyl groups excluding tert-OH is 1. The third kappa shape index (κ3) is 28.3. The molecular weight excluding hydrogens is 565 g/mol. The van der Waals surface area contributed by atoms with Gasteiger partial charge in [0.2, 0.25) is 0 Å². The molecule has 0 fully saturated rings. The Morgan fingerprint density at radius 1 is 0.523 bits per heavy atom. The quantitative estimate of drug-likeness (QED) is 0.0543. The molecule has 0 aliphatic carbocycles. The van der Waals surface area contributed by atoms with Gasteiger partial charge >= 0.3 is 7.60 Å². The van der Waals surface area contributed by atoms with Crippen molar-refractivity contribution in [1.82, 2.24) is 4.90 Å². The van der Waals surface area contributed by atoms with Crippen LogP contribution in [0.2, 0.25) is 0 Å². The third-order valence-electron chi connectivity index (χ3n) is 9.33. The van der Waals surface area contributed by atoms with E-state index in [0.29, 0.717) is 37.8 Å². The second-order valence-electron chi connectivity index (χ2n) is 13.9. The lowest BCUT2D eigenvalue weighted by Crippen LogP contribution is -2.24. The first-order valence-electron chi connectivity index (χ1n) is 19.6. The van der Waals surface area contributed by atoms with Gasteiger partial charge in [-0.1, -0.05) is 156 Å². The van der Waals surface area contributed by atoms with E-state index in [-0.39, 0.29) is 6.61 Å². The molecule has 2 atom stereocenters. The van der Waals surface area contributed by atoms with E-state index in [0.717, 1.165) is 13.0 Å². The minimum Gasteiger partial charge on any atom is -0.395 e. The van der Waals surface area contributed by atoms with Gasteiger partial charge < -0.3 is 19.1 Å². The van der Waals surface area contributed by atoms with Crippen LogP contribution in [-0.4, -0.2) is 56.1 Å². The highest BCUT2D eigenvalue weighted by molar-refractivity contribution is 7.53. The van der Waals surface area contributed by atoms with Gasteiger partial charge in [0.15, 0.2) is 0 Å². The molecule has 1 N–H and O–H groups in total. The SMILES string of the molecule is CCCCCCCCC(CCCCCC)COP(=O)(CCCN(C)CCO)OCC(CCCCCC)CCCCCCCC. The number of likely N-dealkylation sites (N-methyl/N-ethyl adjacent to an activating group) is 1. The molecule has 0 aromatic heterocycles. The van der Waals surface area contributed by atoms with Crippen LogP contribution in [0.4, 0.5) is 0 Å². The van der Waals surface area contributed by atoms with Crippen molar-refractivity contribution in [3.63, 3.8) is 0 Å². The number of hydrogen-bond acceptors (Lipinski definition) is 5. The van der Waals surface area contributed by atoms with Gasteiger partial charge in [-0.05, 0) is 57.5 Å². The molecule has 0 amide bonds. The first kappa shape index (κ1) is 44.1. The Morgan fingerprint density at radius 2 is 0.864 bits per heavy atom. The second kappa shape index (κ2) is 33.0. The molecule has 0 saturated heterocycles. The average Bonchev–Trinajstić information content (AvgIpc) is 3.01. The highest BCUT2D eigenvalue weighted by Gasteiger charge is 2.27. The maximum atomic E-state index is 14.3. The van der Waals surface area contributed by atoms with Crippen LogP contribution < -0.4 is 0 Å². The number of nitrogens with zero attached hydrogens (tertiary/aromatic N) is 1. The first-order valence-corrected chi connectivity index (χ1v) is 21.3. The van der Waals surface area contributed by atoms with Crippen molar-refractivity contribution in [2.75, 3.05) is 46.1 Å². The zero-order valence-electron chi connectivity index (χ0n) is 30.6. The van der Waals surface area contributed by atoms with Crippen molar-refractivity contribution in [3.8, 4) is 0 Å². The number of unbranched alkanes of at least 4 members (excludes halogenated alkanes) is 16. The van der Waals surface area contributed by atoms with E-state index in [4.69, 9.17) is 9.05 Å². The second-order valence-corrected chi connectivity index (χ2v) is 16.0. The van der Waals surface area contributed by atoms with Gasteiger partial charge in [-0.3, -0.25) is 4.57 Å². The molecule has 0 aliphatic rings. The molecule has 44 heavy (non-hydrogen) atoms. The molecule has 5 nitrogen and oxygen atoms in total. The Labute approximate surface area is 276 Å². The summed E-state index contributed by atoms with van der Waals surface area (Å²) in [6, 6.07) is 0. The highest BCUT2D eigenvalue weighted by Crippen LogP contribution is 2.50. The van der Waals surface area contributed by atoms with Gasteiger partial charge in [0.1, 0.15) is 0 Å². The van der Waals surface area contributed by atoms with Gasteiger partial charge in [0.05, 0.1) is 26.0 Å². The lowest BCUT2D eigenvalue weighted by atomic mass is 9.95. The zero-order chi connectivity index (χ0) is 32.6. The summed E-state index contributed by atoms with van der Waals surface area (Å²) in [5.74, 6) is 0.944.